The molecule has 1 aromatic carbocycles. The number of aliphatic hydroxyl groups excluding tert-OH is 1. The standard InChI is InChI=1S/C15H19BrF3NO/c16-11-4-5-13(12(8-11)15(17,18)19)20-9-14(10-21)6-2-1-3-7-14/h4-5,8,20-21H,1-3,6-7,9-10H2. The maximum atomic E-state index is 13.1. The van der Waals surface area contributed by atoms with Crippen LogP contribution in [0.3, 0.4) is 0 Å². The predicted molar refractivity (Wildman–Crippen MR) is 80.2 cm³/mol. The van der Waals surface area contributed by atoms with Crippen molar-refractivity contribution in [3.8, 4) is 0 Å². The van der Waals surface area contributed by atoms with Gasteiger partial charge >= 0.3 is 6.18 Å². The number of benzene rings is 1. The molecule has 0 saturated heterocycles. The van der Waals surface area contributed by atoms with E-state index in [0.717, 1.165) is 38.2 Å². The van der Waals surface area contributed by atoms with Gasteiger partial charge in [0, 0.05) is 22.1 Å². The van der Waals surface area contributed by atoms with Crippen LogP contribution in [0, 0.1) is 5.41 Å². The van der Waals surface area contributed by atoms with Crippen LogP contribution < -0.4 is 5.32 Å². The molecular weight excluding hydrogens is 347 g/mol. The number of anilines is 1. The summed E-state index contributed by atoms with van der Waals surface area (Å²) in [5, 5.41) is 12.5. The molecule has 1 aliphatic rings. The fourth-order valence-corrected chi connectivity index (χ4v) is 3.24. The Hall–Kier alpha value is -0.750. The largest absolute Gasteiger partial charge is 0.418 e. The van der Waals surface area contributed by atoms with E-state index in [1.807, 2.05) is 0 Å². The molecule has 0 unspecified atom stereocenters. The zero-order chi connectivity index (χ0) is 15.5. The smallest absolute Gasteiger partial charge is 0.396 e. The van der Waals surface area contributed by atoms with Gasteiger partial charge in [-0.15, -0.1) is 0 Å². The summed E-state index contributed by atoms with van der Waals surface area (Å²) >= 11 is 3.07. The number of nitrogens with one attached hydrogen (secondary N) is 1. The Labute approximate surface area is 130 Å². The number of halogens is 4. The van der Waals surface area contributed by atoms with Gasteiger partial charge in [-0.05, 0) is 31.0 Å². The third-order valence-electron chi connectivity index (χ3n) is 4.19. The highest BCUT2D eigenvalue weighted by atomic mass is 79.9. The van der Waals surface area contributed by atoms with E-state index in [9.17, 15) is 18.3 Å². The molecule has 2 nitrogen and oxygen atoms in total. The van der Waals surface area contributed by atoms with Crippen LogP contribution in [-0.2, 0) is 6.18 Å². The van der Waals surface area contributed by atoms with E-state index in [1.165, 1.54) is 6.07 Å². The van der Waals surface area contributed by atoms with Crippen molar-refractivity contribution in [2.24, 2.45) is 5.41 Å². The van der Waals surface area contributed by atoms with Crippen molar-refractivity contribution in [3.63, 3.8) is 0 Å². The summed E-state index contributed by atoms with van der Waals surface area (Å²) < 4.78 is 39.6. The van der Waals surface area contributed by atoms with Crippen LogP contribution >= 0.6 is 15.9 Å². The Morgan fingerprint density at radius 2 is 1.86 bits per heavy atom. The van der Waals surface area contributed by atoms with Gasteiger partial charge in [-0.2, -0.15) is 13.2 Å². The number of hydrogen-bond acceptors (Lipinski definition) is 2. The van der Waals surface area contributed by atoms with Crippen molar-refractivity contribution in [3.05, 3.63) is 28.2 Å². The maximum Gasteiger partial charge on any atom is 0.418 e. The SMILES string of the molecule is OCC1(CNc2ccc(Br)cc2C(F)(F)F)CCCCC1. The van der Waals surface area contributed by atoms with Crippen LogP contribution in [0.25, 0.3) is 0 Å². The highest BCUT2D eigenvalue weighted by molar-refractivity contribution is 9.10. The molecule has 2 N–H and O–H groups in total. The average molecular weight is 366 g/mol. The summed E-state index contributed by atoms with van der Waals surface area (Å²) in [6, 6.07) is 4.10. The molecule has 6 heteroatoms. The van der Waals surface area contributed by atoms with Gasteiger partial charge in [-0.3, -0.25) is 0 Å². The third kappa shape index (κ3) is 4.13. The molecule has 1 fully saturated rings. The Morgan fingerprint density at radius 3 is 2.43 bits per heavy atom. The minimum absolute atomic E-state index is 0.0118. The van der Waals surface area contributed by atoms with Crippen LogP contribution in [0.1, 0.15) is 37.7 Å². The van der Waals surface area contributed by atoms with Gasteiger partial charge < -0.3 is 10.4 Å². The van der Waals surface area contributed by atoms with E-state index in [-0.39, 0.29) is 17.7 Å². The summed E-state index contributed by atoms with van der Waals surface area (Å²) in [4.78, 5) is 0. The molecule has 1 aromatic rings. The second-order valence-electron chi connectivity index (χ2n) is 5.76. The van der Waals surface area contributed by atoms with E-state index in [0.29, 0.717) is 11.0 Å². The molecule has 0 radical (unpaired) electrons. The molecule has 0 atom stereocenters. The Bertz CT molecular complexity index is 484. The van der Waals surface area contributed by atoms with Crippen molar-refractivity contribution >= 4 is 21.6 Å². The molecule has 118 valence electrons. The van der Waals surface area contributed by atoms with Crippen LogP contribution in [0.4, 0.5) is 18.9 Å². The monoisotopic (exact) mass is 365 g/mol. The fraction of sp³-hybridized carbons (Fsp3) is 0.600. The normalized spacial score (nSPS) is 18.5. The summed E-state index contributed by atoms with van der Waals surface area (Å²) in [7, 11) is 0. The molecule has 0 heterocycles. The molecular formula is C15H19BrF3NO. The third-order valence-corrected chi connectivity index (χ3v) is 4.68. The molecule has 0 bridgehead atoms. The van der Waals surface area contributed by atoms with Gasteiger partial charge in [0.05, 0.1) is 12.2 Å². The first-order valence-corrected chi connectivity index (χ1v) is 7.87. The first-order chi connectivity index (χ1) is 9.86. The second-order valence-corrected chi connectivity index (χ2v) is 6.68. The number of alkyl halides is 3. The Kier molecular flexibility index (Phi) is 5.20. The number of hydrogen-bond donors (Lipinski definition) is 2. The van der Waals surface area contributed by atoms with Gasteiger partial charge in [-0.25, -0.2) is 0 Å². The molecule has 0 spiro atoms. The van der Waals surface area contributed by atoms with Crippen LogP contribution in [0.5, 0.6) is 0 Å². The summed E-state index contributed by atoms with van der Waals surface area (Å²) in [5.74, 6) is 0. The topological polar surface area (TPSA) is 32.3 Å². The van der Waals surface area contributed by atoms with Crippen molar-refractivity contribution in [2.75, 3.05) is 18.5 Å². The van der Waals surface area contributed by atoms with Gasteiger partial charge in [-0.1, -0.05) is 35.2 Å². The zero-order valence-corrected chi connectivity index (χ0v) is 13.2. The lowest BCUT2D eigenvalue weighted by molar-refractivity contribution is -0.137. The van der Waals surface area contributed by atoms with E-state index in [2.05, 4.69) is 21.2 Å². The van der Waals surface area contributed by atoms with E-state index in [1.54, 1.807) is 6.07 Å². The van der Waals surface area contributed by atoms with Crippen LogP contribution in [0.15, 0.2) is 22.7 Å². The molecule has 2 rings (SSSR count). The van der Waals surface area contributed by atoms with Crippen molar-refractivity contribution in [1.29, 1.82) is 0 Å². The van der Waals surface area contributed by atoms with Crippen LogP contribution in [0.2, 0.25) is 0 Å². The van der Waals surface area contributed by atoms with E-state index < -0.39 is 11.7 Å². The number of rotatable bonds is 4. The fourth-order valence-electron chi connectivity index (χ4n) is 2.88. The lowest BCUT2D eigenvalue weighted by atomic mass is 9.74. The summed E-state index contributed by atoms with van der Waals surface area (Å²) in [5.41, 5.74) is -0.904. The second kappa shape index (κ2) is 6.57. The molecule has 1 saturated carbocycles. The highest BCUT2D eigenvalue weighted by Gasteiger charge is 2.35. The van der Waals surface area contributed by atoms with Crippen molar-refractivity contribution in [1.82, 2.24) is 0 Å². The highest BCUT2D eigenvalue weighted by Crippen LogP contribution is 2.39. The first kappa shape index (κ1) is 16.6. The van der Waals surface area contributed by atoms with Crippen LogP contribution in [-0.4, -0.2) is 18.3 Å². The number of aliphatic hydroxyl groups is 1. The lowest BCUT2D eigenvalue weighted by Crippen LogP contribution is -2.36. The molecule has 1 aliphatic carbocycles. The predicted octanol–water partition coefficient (Wildman–Crippen LogP) is 4.82. The molecule has 0 aliphatic heterocycles. The minimum Gasteiger partial charge on any atom is -0.396 e. The lowest BCUT2D eigenvalue weighted by Gasteiger charge is -2.36. The molecule has 21 heavy (non-hydrogen) atoms. The average Bonchev–Trinajstić information content (AvgIpc) is 2.46. The van der Waals surface area contributed by atoms with Crippen molar-refractivity contribution < 1.29 is 18.3 Å². The zero-order valence-electron chi connectivity index (χ0n) is 11.6. The molecule has 0 amide bonds. The quantitative estimate of drug-likeness (QED) is 0.801. The van der Waals surface area contributed by atoms with E-state index in [4.69, 9.17) is 0 Å². The van der Waals surface area contributed by atoms with Gasteiger partial charge in [0.1, 0.15) is 0 Å². The molecule has 0 aromatic heterocycles. The van der Waals surface area contributed by atoms with E-state index >= 15 is 0 Å². The maximum absolute atomic E-state index is 13.1. The first-order valence-electron chi connectivity index (χ1n) is 7.08. The van der Waals surface area contributed by atoms with Crippen molar-refractivity contribution in [2.45, 2.75) is 38.3 Å². The van der Waals surface area contributed by atoms with Gasteiger partial charge in [0.25, 0.3) is 0 Å². The summed E-state index contributed by atoms with van der Waals surface area (Å²) in [6.45, 7) is 0.381. The van der Waals surface area contributed by atoms with Gasteiger partial charge in [0.2, 0.25) is 0 Å². The minimum atomic E-state index is -4.40. The van der Waals surface area contributed by atoms with Gasteiger partial charge in [0.15, 0.2) is 0 Å². The Morgan fingerprint density at radius 1 is 1.19 bits per heavy atom. The Balaban J connectivity index is 2.16. The summed E-state index contributed by atoms with van der Waals surface area (Å²) in [6.07, 6.45) is 0.491.